The first-order chi connectivity index (χ1) is 11.1. The third-order valence-corrected chi connectivity index (χ3v) is 4.98. The molecule has 3 amide bonds. The van der Waals surface area contributed by atoms with Gasteiger partial charge in [-0.25, -0.2) is 4.79 Å². The van der Waals surface area contributed by atoms with Crippen molar-refractivity contribution < 1.29 is 14.4 Å². The van der Waals surface area contributed by atoms with Crippen LogP contribution in [0.1, 0.15) is 38.2 Å². The van der Waals surface area contributed by atoms with Gasteiger partial charge >= 0.3 is 6.03 Å². The molecule has 1 aliphatic carbocycles. The van der Waals surface area contributed by atoms with Gasteiger partial charge in [0.15, 0.2) is 0 Å². The number of rotatable bonds is 3. The van der Waals surface area contributed by atoms with Crippen LogP contribution in [0.4, 0.5) is 4.79 Å². The standard InChI is InChI=1S/C17H19N3O3/c1-2-13-8-16(23-19-13)10-17(11-16)14(21)20(15(22)18-17)9-12-6-4-3-5-7-12/h3-7H,2,8-11H2,1H3,(H,18,22). The van der Waals surface area contributed by atoms with E-state index in [0.717, 1.165) is 24.1 Å². The number of nitrogens with one attached hydrogen (secondary N) is 1. The molecule has 1 saturated carbocycles. The molecule has 2 heterocycles. The van der Waals surface area contributed by atoms with Crippen LogP contribution in [0.3, 0.4) is 0 Å². The Bertz CT molecular complexity index is 692. The van der Waals surface area contributed by atoms with E-state index >= 15 is 0 Å². The maximum atomic E-state index is 12.8. The van der Waals surface area contributed by atoms with Gasteiger partial charge in [0.2, 0.25) is 0 Å². The highest BCUT2D eigenvalue weighted by molar-refractivity contribution is 6.08. The highest BCUT2D eigenvalue weighted by Gasteiger charge is 2.67. The Morgan fingerprint density at radius 3 is 2.65 bits per heavy atom. The van der Waals surface area contributed by atoms with Crippen LogP contribution in [-0.4, -0.2) is 33.7 Å². The average Bonchev–Trinajstić information content (AvgIpc) is 3.05. The first-order valence-corrected chi connectivity index (χ1v) is 7.98. The van der Waals surface area contributed by atoms with Crippen molar-refractivity contribution >= 4 is 17.6 Å². The van der Waals surface area contributed by atoms with E-state index in [-0.39, 0.29) is 11.9 Å². The lowest BCUT2D eigenvalue weighted by molar-refractivity contribution is -0.157. The summed E-state index contributed by atoms with van der Waals surface area (Å²) in [5.41, 5.74) is 0.773. The van der Waals surface area contributed by atoms with Crippen molar-refractivity contribution in [2.75, 3.05) is 0 Å². The number of benzene rings is 1. The minimum Gasteiger partial charge on any atom is -0.389 e. The van der Waals surface area contributed by atoms with Crippen LogP contribution in [0.25, 0.3) is 0 Å². The number of nitrogens with zero attached hydrogens (tertiary/aromatic N) is 2. The second-order valence-electron chi connectivity index (χ2n) is 6.70. The van der Waals surface area contributed by atoms with Crippen molar-refractivity contribution in [3.8, 4) is 0 Å². The summed E-state index contributed by atoms with van der Waals surface area (Å²) in [5, 5.41) is 6.97. The SMILES string of the molecule is CCC1=NOC2(C1)CC1(C2)NC(=O)N(Cc2ccccc2)C1=O. The molecule has 4 rings (SSSR count). The number of hydrogen-bond acceptors (Lipinski definition) is 4. The van der Waals surface area contributed by atoms with Gasteiger partial charge in [0.1, 0.15) is 11.1 Å². The van der Waals surface area contributed by atoms with E-state index in [1.807, 2.05) is 37.3 Å². The molecule has 3 aliphatic rings. The summed E-state index contributed by atoms with van der Waals surface area (Å²) in [6, 6.07) is 9.22. The van der Waals surface area contributed by atoms with Crippen LogP contribution in [-0.2, 0) is 16.2 Å². The third kappa shape index (κ3) is 2.12. The van der Waals surface area contributed by atoms with Gasteiger partial charge in [-0.15, -0.1) is 0 Å². The molecule has 6 nitrogen and oxygen atoms in total. The van der Waals surface area contributed by atoms with Gasteiger partial charge in [-0.1, -0.05) is 42.4 Å². The largest absolute Gasteiger partial charge is 0.389 e. The van der Waals surface area contributed by atoms with Crippen molar-refractivity contribution in [3.63, 3.8) is 0 Å². The Kier molecular flexibility index (Phi) is 2.98. The summed E-state index contributed by atoms with van der Waals surface area (Å²) in [4.78, 5) is 31.9. The second-order valence-corrected chi connectivity index (χ2v) is 6.70. The Labute approximate surface area is 134 Å². The predicted molar refractivity (Wildman–Crippen MR) is 83.6 cm³/mol. The van der Waals surface area contributed by atoms with E-state index in [1.54, 1.807) is 0 Å². The molecule has 0 atom stereocenters. The molecule has 1 N–H and O–H groups in total. The summed E-state index contributed by atoms with van der Waals surface area (Å²) in [6.45, 7) is 2.34. The van der Waals surface area contributed by atoms with Crippen molar-refractivity contribution in [2.45, 2.75) is 50.3 Å². The quantitative estimate of drug-likeness (QED) is 0.870. The minimum atomic E-state index is -0.801. The number of imide groups is 1. The summed E-state index contributed by atoms with van der Waals surface area (Å²) < 4.78 is 0. The van der Waals surface area contributed by atoms with Gasteiger partial charge in [-0.2, -0.15) is 0 Å². The molecular weight excluding hydrogens is 294 g/mol. The normalized spacial score (nSPS) is 32.0. The van der Waals surface area contributed by atoms with Gasteiger partial charge < -0.3 is 10.2 Å². The fraction of sp³-hybridized carbons (Fsp3) is 0.471. The van der Waals surface area contributed by atoms with Gasteiger partial charge in [0, 0.05) is 19.3 Å². The zero-order valence-corrected chi connectivity index (χ0v) is 13.0. The molecule has 2 aliphatic heterocycles. The lowest BCUT2D eigenvalue weighted by Gasteiger charge is -2.48. The van der Waals surface area contributed by atoms with Gasteiger partial charge in [-0.05, 0) is 12.0 Å². The van der Waals surface area contributed by atoms with Gasteiger partial charge in [-0.3, -0.25) is 9.69 Å². The van der Waals surface area contributed by atoms with Crippen LogP contribution >= 0.6 is 0 Å². The molecule has 1 saturated heterocycles. The monoisotopic (exact) mass is 313 g/mol. The average molecular weight is 313 g/mol. The van der Waals surface area contributed by atoms with Crippen LogP contribution in [0.5, 0.6) is 0 Å². The molecule has 1 aromatic rings. The number of hydrogen-bond donors (Lipinski definition) is 1. The summed E-state index contributed by atoms with van der Waals surface area (Å²) in [5.74, 6) is -0.148. The molecule has 2 fully saturated rings. The highest BCUT2D eigenvalue weighted by Crippen LogP contribution is 2.51. The van der Waals surface area contributed by atoms with Crippen molar-refractivity contribution in [1.29, 1.82) is 0 Å². The van der Waals surface area contributed by atoms with Crippen molar-refractivity contribution in [2.24, 2.45) is 5.16 Å². The molecule has 1 aromatic carbocycles. The van der Waals surface area contributed by atoms with Crippen molar-refractivity contribution in [3.05, 3.63) is 35.9 Å². The molecule has 2 spiro atoms. The topological polar surface area (TPSA) is 71.0 Å². The molecule has 6 heteroatoms. The first-order valence-electron chi connectivity index (χ1n) is 7.98. The van der Waals surface area contributed by atoms with E-state index in [4.69, 9.17) is 4.84 Å². The molecule has 23 heavy (non-hydrogen) atoms. The zero-order chi connectivity index (χ0) is 16.1. The summed E-state index contributed by atoms with van der Waals surface area (Å²) in [7, 11) is 0. The van der Waals surface area contributed by atoms with Gasteiger partial charge in [0.05, 0.1) is 12.3 Å². The van der Waals surface area contributed by atoms with Crippen LogP contribution < -0.4 is 5.32 Å². The fourth-order valence-electron chi connectivity index (χ4n) is 3.85. The maximum absolute atomic E-state index is 12.8. The molecule has 0 bridgehead atoms. The highest BCUT2D eigenvalue weighted by atomic mass is 16.7. The lowest BCUT2D eigenvalue weighted by Crippen LogP contribution is -2.65. The number of urea groups is 1. The molecule has 0 radical (unpaired) electrons. The van der Waals surface area contributed by atoms with Crippen LogP contribution in [0, 0.1) is 0 Å². The molecule has 120 valence electrons. The molecule has 0 aromatic heterocycles. The minimum absolute atomic E-state index is 0.148. The maximum Gasteiger partial charge on any atom is 0.325 e. The van der Waals surface area contributed by atoms with E-state index in [0.29, 0.717) is 19.4 Å². The number of oxime groups is 1. The van der Waals surface area contributed by atoms with Crippen LogP contribution in [0.15, 0.2) is 35.5 Å². The number of carbonyl (C=O) groups is 2. The van der Waals surface area contributed by atoms with Gasteiger partial charge in [0.25, 0.3) is 5.91 Å². The Hall–Kier alpha value is -2.37. The van der Waals surface area contributed by atoms with E-state index in [9.17, 15) is 9.59 Å². The molecule has 0 unspecified atom stereocenters. The van der Waals surface area contributed by atoms with E-state index in [2.05, 4.69) is 10.5 Å². The van der Waals surface area contributed by atoms with Crippen LogP contribution in [0.2, 0.25) is 0 Å². The lowest BCUT2D eigenvalue weighted by atomic mass is 9.63. The number of carbonyl (C=O) groups excluding carboxylic acids is 2. The smallest absolute Gasteiger partial charge is 0.325 e. The first kappa shape index (κ1) is 14.2. The summed E-state index contributed by atoms with van der Waals surface area (Å²) in [6.07, 6.45) is 2.62. The Balaban J connectivity index is 1.47. The third-order valence-electron chi connectivity index (χ3n) is 4.98. The Morgan fingerprint density at radius 2 is 2.00 bits per heavy atom. The fourth-order valence-corrected chi connectivity index (χ4v) is 3.85. The second kappa shape index (κ2) is 4.81. The van der Waals surface area contributed by atoms with E-state index < -0.39 is 11.1 Å². The molecular formula is C17H19N3O3. The predicted octanol–water partition coefficient (Wildman–Crippen LogP) is 2.20. The summed E-state index contributed by atoms with van der Waals surface area (Å²) >= 11 is 0. The Morgan fingerprint density at radius 1 is 1.26 bits per heavy atom. The number of amides is 3. The van der Waals surface area contributed by atoms with Crippen molar-refractivity contribution in [1.82, 2.24) is 10.2 Å². The zero-order valence-electron chi connectivity index (χ0n) is 13.0. The van der Waals surface area contributed by atoms with E-state index in [1.165, 1.54) is 4.90 Å².